The van der Waals surface area contributed by atoms with Gasteiger partial charge in [-0.05, 0) is 26.3 Å². The number of carbonyl (C=O) groups excluding carboxylic acids is 2. The Morgan fingerprint density at radius 2 is 1.91 bits per heavy atom. The summed E-state index contributed by atoms with van der Waals surface area (Å²) in [6.07, 6.45) is 0.229. The Bertz CT molecular complexity index is 533. The summed E-state index contributed by atoms with van der Waals surface area (Å²) >= 11 is 0. The Kier molecular flexibility index (Phi) is 6.12. The Labute approximate surface area is 137 Å². The van der Waals surface area contributed by atoms with Gasteiger partial charge in [0.15, 0.2) is 0 Å². The second kappa shape index (κ2) is 8.08. The lowest BCUT2D eigenvalue weighted by molar-refractivity contribution is -0.129. The van der Waals surface area contributed by atoms with Crippen molar-refractivity contribution in [3.8, 4) is 0 Å². The van der Waals surface area contributed by atoms with Crippen molar-refractivity contribution in [1.82, 2.24) is 15.3 Å². The van der Waals surface area contributed by atoms with Gasteiger partial charge in [-0.2, -0.15) is 5.48 Å². The molecule has 0 aromatic heterocycles. The standard InChI is InChI=1S/C17H25N3O3/c1-13(2)19-9-10-20(17(19)22)16(21)11-14(3)18-23-12-15-7-5-4-6-8-15/h4-8,13-14,18H,9-12H2,1-3H3. The Morgan fingerprint density at radius 3 is 2.52 bits per heavy atom. The lowest BCUT2D eigenvalue weighted by Crippen LogP contribution is -2.41. The highest BCUT2D eigenvalue weighted by Gasteiger charge is 2.34. The van der Waals surface area contributed by atoms with Crippen LogP contribution in [0, 0.1) is 0 Å². The fourth-order valence-corrected chi connectivity index (χ4v) is 2.52. The van der Waals surface area contributed by atoms with E-state index in [-0.39, 0.29) is 30.4 Å². The van der Waals surface area contributed by atoms with Gasteiger partial charge in [0.2, 0.25) is 5.91 Å². The van der Waals surface area contributed by atoms with Crippen molar-refractivity contribution >= 4 is 11.9 Å². The van der Waals surface area contributed by atoms with E-state index in [0.717, 1.165) is 5.56 Å². The minimum atomic E-state index is -0.192. The summed E-state index contributed by atoms with van der Waals surface area (Å²) in [7, 11) is 0. The molecule has 1 aliphatic rings. The van der Waals surface area contributed by atoms with Crippen LogP contribution in [0.15, 0.2) is 30.3 Å². The van der Waals surface area contributed by atoms with Gasteiger partial charge in [-0.25, -0.2) is 4.79 Å². The van der Waals surface area contributed by atoms with Crippen LogP contribution >= 0.6 is 0 Å². The number of urea groups is 1. The number of rotatable bonds is 7. The molecule has 1 aromatic rings. The van der Waals surface area contributed by atoms with Crippen LogP contribution in [0.1, 0.15) is 32.8 Å². The molecule has 1 atom stereocenters. The van der Waals surface area contributed by atoms with E-state index in [9.17, 15) is 9.59 Å². The molecule has 126 valence electrons. The van der Waals surface area contributed by atoms with Gasteiger partial charge in [0.05, 0.1) is 6.61 Å². The Hall–Kier alpha value is -1.92. The van der Waals surface area contributed by atoms with Crippen LogP contribution in [0.4, 0.5) is 4.79 Å². The fraction of sp³-hybridized carbons (Fsp3) is 0.529. The summed E-state index contributed by atoms with van der Waals surface area (Å²) in [5.41, 5.74) is 3.92. The van der Waals surface area contributed by atoms with Crippen molar-refractivity contribution in [3.63, 3.8) is 0 Å². The highest BCUT2D eigenvalue weighted by Crippen LogP contribution is 2.14. The molecular formula is C17H25N3O3. The number of imide groups is 1. The molecule has 1 heterocycles. The van der Waals surface area contributed by atoms with Gasteiger partial charge in [-0.1, -0.05) is 30.3 Å². The molecule has 1 unspecified atom stereocenters. The lowest BCUT2D eigenvalue weighted by atomic mass is 10.2. The first kappa shape index (κ1) is 17.4. The molecule has 2 rings (SSSR count). The first-order valence-corrected chi connectivity index (χ1v) is 8.01. The van der Waals surface area contributed by atoms with Gasteiger partial charge in [-0.15, -0.1) is 0 Å². The van der Waals surface area contributed by atoms with E-state index in [0.29, 0.717) is 19.7 Å². The first-order chi connectivity index (χ1) is 11.0. The van der Waals surface area contributed by atoms with Gasteiger partial charge >= 0.3 is 6.03 Å². The largest absolute Gasteiger partial charge is 0.327 e. The molecule has 0 saturated carbocycles. The number of carbonyl (C=O) groups is 2. The maximum absolute atomic E-state index is 12.3. The molecule has 0 radical (unpaired) electrons. The van der Waals surface area contributed by atoms with Crippen molar-refractivity contribution in [2.75, 3.05) is 13.1 Å². The SMILES string of the molecule is CC(CC(=O)N1CCN(C(C)C)C1=O)NOCc1ccccc1. The molecule has 3 amide bonds. The third-order valence-electron chi connectivity index (χ3n) is 3.81. The van der Waals surface area contributed by atoms with E-state index in [1.807, 2.05) is 51.1 Å². The van der Waals surface area contributed by atoms with Gasteiger partial charge < -0.3 is 4.90 Å². The van der Waals surface area contributed by atoms with Crippen molar-refractivity contribution in [3.05, 3.63) is 35.9 Å². The summed E-state index contributed by atoms with van der Waals surface area (Å²) in [4.78, 5) is 32.9. The highest BCUT2D eigenvalue weighted by molar-refractivity contribution is 5.96. The Balaban J connectivity index is 1.73. The minimum Gasteiger partial charge on any atom is -0.320 e. The molecule has 0 aliphatic carbocycles. The molecule has 1 N–H and O–H groups in total. The smallest absolute Gasteiger partial charge is 0.320 e. The van der Waals surface area contributed by atoms with Crippen molar-refractivity contribution in [1.29, 1.82) is 0 Å². The van der Waals surface area contributed by atoms with Gasteiger partial charge in [0.25, 0.3) is 0 Å². The zero-order valence-electron chi connectivity index (χ0n) is 14.0. The van der Waals surface area contributed by atoms with Crippen LogP contribution < -0.4 is 5.48 Å². The molecule has 1 aliphatic heterocycles. The monoisotopic (exact) mass is 319 g/mol. The molecule has 0 spiro atoms. The highest BCUT2D eigenvalue weighted by atomic mass is 16.6. The van der Waals surface area contributed by atoms with E-state index in [2.05, 4.69) is 5.48 Å². The summed E-state index contributed by atoms with van der Waals surface area (Å²) in [6.45, 7) is 7.27. The van der Waals surface area contributed by atoms with E-state index in [1.165, 1.54) is 4.90 Å². The summed E-state index contributed by atoms with van der Waals surface area (Å²) in [6, 6.07) is 9.56. The average molecular weight is 319 g/mol. The average Bonchev–Trinajstić information content (AvgIpc) is 2.90. The van der Waals surface area contributed by atoms with Gasteiger partial charge in [0.1, 0.15) is 0 Å². The van der Waals surface area contributed by atoms with E-state index in [4.69, 9.17) is 4.84 Å². The number of nitrogens with one attached hydrogen (secondary N) is 1. The lowest BCUT2D eigenvalue weighted by Gasteiger charge is -2.21. The van der Waals surface area contributed by atoms with E-state index in [1.54, 1.807) is 4.90 Å². The number of benzene rings is 1. The summed E-state index contributed by atoms with van der Waals surface area (Å²) < 4.78 is 0. The van der Waals surface area contributed by atoms with Crippen LogP contribution in [-0.4, -0.2) is 46.9 Å². The first-order valence-electron chi connectivity index (χ1n) is 8.01. The second-order valence-electron chi connectivity index (χ2n) is 6.11. The number of hydrogen-bond acceptors (Lipinski definition) is 4. The maximum atomic E-state index is 12.3. The molecule has 6 nitrogen and oxygen atoms in total. The number of hydroxylamine groups is 1. The van der Waals surface area contributed by atoms with Crippen LogP contribution in [0.2, 0.25) is 0 Å². The normalized spacial score (nSPS) is 16.3. The molecular weight excluding hydrogens is 294 g/mol. The van der Waals surface area contributed by atoms with Crippen LogP contribution in [0.25, 0.3) is 0 Å². The maximum Gasteiger partial charge on any atom is 0.327 e. The van der Waals surface area contributed by atoms with Crippen molar-refractivity contribution < 1.29 is 14.4 Å². The number of hydrogen-bond donors (Lipinski definition) is 1. The van der Waals surface area contributed by atoms with Crippen LogP contribution in [-0.2, 0) is 16.2 Å². The van der Waals surface area contributed by atoms with E-state index >= 15 is 0 Å². The second-order valence-corrected chi connectivity index (χ2v) is 6.11. The van der Waals surface area contributed by atoms with Crippen molar-refractivity contribution in [2.24, 2.45) is 0 Å². The zero-order chi connectivity index (χ0) is 16.8. The third-order valence-corrected chi connectivity index (χ3v) is 3.81. The molecule has 0 bridgehead atoms. The quantitative estimate of drug-likeness (QED) is 0.782. The summed E-state index contributed by atoms with van der Waals surface area (Å²) in [5.74, 6) is -0.165. The molecule has 6 heteroatoms. The fourth-order valence-electron chi connectivity index (χ4n) is 2.52. The van der Waals surface area contributed by atoms with Crippen LogP contribution in [0.3, 0.4) is 0 Å². The predicted octanol–water partition coefficient (Wildman–Crippen LogP) is 2.16. The molecule has 1 saturated heterocycles. The van der Waals surface area contributed by atoms with E-state index < -0.39 is 0 Å². The molecule has 23 heavy (non-hydrogen) atoms. The topological polar surface area (TPSA) is 61.9 Å². The zero-order valence-corrected chi connectivity index (χ0v) is 14.0. The Morgan fingerprint density at radius 1 is 1.22 bits per heavy atom. The third kappa shape index (κ3) is 4.77. The van der Waals surface area contributed by atoms with Crippen molar-refractivity contribution in [2.45, 2.75) is 45.9 Å². The minimum absolute atomic E-state index is 0.116. The predicted molar refractivity (Wildman–Crippen MR) is 87.4 cm³/mol. The number of nitrogens with zero attached hydrogens (tertiary/aromatic N) is 2. The molecule has 1 aromatic carbocycles. The summed E-state index contributed by atoms with van der Waals surface area (Å²) in [5, 5.41) is 0. The molecule has 1 fully saturated rings. The van der Waals surface area contributed by atoms with Gasteiger partial charge in [-0.3, -0.25) is 14.5 Å². The number of amides is 3. The van der Waals surface area contributed by atoms with Crippen LogP contribution in [0.5, 0.6) is 0 Å². The van der Waals surface area contributed by atoms with Gasteiger partial charge in [0, 0.05) is 31.6 Å².